The summed E-state index contributed by atoms with van der Waals surface area (Å²) in [6.45, 7) is 7.96. The van der Waals surface area contributed by atoms with Crippen LogP contribution in [0.1, 0.15) is 48.6 Å². The Hall–Kier alpha value is -1.75. The number of aromatic carboxylic acids is 1. The first-order valence-corrected chi connectivity index (χ1v) is 7.35. The van der Waals surface area contributed by atoms with Gasteiger partial charge in [0.25, 0.3) is 0 Å². The highest BCUT2D eigenvalue weighted by atomic mass is 32.1. The summed E-state index contributed by atoms with van der Waals surface area (Å²) in [5.41, 5.74) is 2.19. The van der Waals surface area contributed by atoms with Crippen LogP contribution in [0.3, 0.4) is 0 Å². The molecule has 0 radical (unpaired) electrons. The van der Waals surface area contributed by atoms with Gasteiger partial charge in [0.05, 0.1) is 5.69 Å². The average Bonchev–Trinajstić information content (AvgIpc) is 2.83. The van der Waals surface area contributed by atoms with Crippen molar-refractivity contribution in [3.8, 4) is 10.7 Å². The second kappa shape index (κ2) is 5.32. The summed E-state index contributed by atoms with van der Waals surface area (Å²) in [6, 6.07) is 3.89. The summed E-state index contributed by atoms with van der Waals surface area (Å²) in [6.07, 6.45) is 2.56. The van der Waals surface area contributed by atoms with Crippen molar-refractivity contribution < 1.29 is 9.90 Å². The lowest BCUT2D eigenvalue weighted by Gasteiger charge is -2.16. The van der Waals surface area contributed by atoms with Crippen LogP contribution < -0.4 is 0 Å². The molecule has 0 aliphatic carbocycles. The van der Waals surface area contributed by atoms with Gasteiger partial charge >= 0.3 is 5.97 Å². The Morgan fingerprint density at radius 1 is 1.40 bits per heavy atom. The number of rotatable bonds is 3. The van der Waals surface area contributed by atoms with E-state index in [4.69, 9.17) is 0 Å². The molecule has 0 aliphatic rings. The van der Waals surface area contributed by atoms with E-state index in [1.165, 1.54) is 11.3 Å². The van der Waals surface area contributed by atoms with Crippen molar-refractivity contribution in [2.45, 2.75) is 39.5 Å². The highest BCUT2D eigenvalue weighted by Gasteiger charge is 2.28. The minimum Gasteiger partial charge on any atom is -0.477 e. The molecule has 0 aromatic carbocycles. The van der Waals surface area contributed by atoms with Gasteiger partial charge in [-0.3, -0.25) is 4.98 Å². The zero-order valence-electron chi connectivity index (χ0n) is 12.1. The van der Waals surface area contributed by atoms with Gasteiger partial charge in [-0.05, 0) is 18.1 Å². The van der Waals surface area contributed by atoms with E-state index in [1.807, 2.05) is 32.9 Å². The van der Waals surface area contributed by atoms with Crippen molar-refractivity contribution in [2.24, 2.45) is 0 Å². The predicted molar refractivity (Wildman–Crippen MR) is 80.4 cm³/mol. The van der Waals surface area contributed by atoms with Crippen LogP contribution in [-0.2, 0) is 11.8 Å². The lowest BCUT2D eigenvalue weighted by molar-refractivity contribution is 0.0699. The van der Waals surface area contributed by atoms with Crippen LogP contribution in [0.25, 0.3) is 10.7 Å². The molecule has 0 saturated heterocycles. The van der Waals surface area contributed by atoms with Crippen LogP contribution >= 0.6 is 11.3 Å². The largest absolute Gasteiger partial charge is 0.477 e. The number of thiazole rings is 1. The van der Waals surface area contributed by atoms with Crippen LogP contribution in [0, 0.1) is 0 Å². The first-order valence-electron chi connectivity index (χ1n) is 6.53. The third kappa shape index (κ3) is 2.72. The standard InChI is InChI=1S/C15H18N2O2S/c1-5-9-7-6-8-16-10(9)13-17-12(15(2,3)4)11(20-13)14(18)19/h6-8H,5H2,1-4H3,(H,18,19). The summed E-state index contributed by atoms with van der Waals surface area (Å²) in [4.78, 5) is 20.7. The Kier molecular flexibility index (Phi) is 3.90. The van der Waals surface area contributed by atoms with Crippen molar-refractivity contribution in [1.82, 2.24) is 9.97 Å². The molecule has 106 valence electrons. The van der Waals surface area contributed by atoms with Gasteiger partial charge < -0.3 is 5.11 Å². The molecule has 1 N–H and O–H groups in total. The highest BCUT2D eigenvalue weighted by molar-refractivity contribution is 7.17. The van der Waals surface area contributed by atoms with Crippen LogP contribution in [0.2, 0.25) is 0 Å². The SMILES string of the molecule is CCc1cccnc1-c1nc(C(C)(C)C)c(C(=O)O)s1. The van der Waals surface area contributed by atoms with Gasteiger partial charge in [-0.25, -0.2) is 9.78 Å². The fourth-order valence-corrected chi connectivity index (χ4v) is 3.14. The summed E-state index contributed by atoms with van der Waals surface area (Å²) in [7, 11) is 0. The second-order valence-electron chi connectivity index (χ2n) is 5.62. The molecule has 2 aromatic heterocycles. The quantitative estimate of drug-likeness (QED) is 0.934. The van der Waals surface area contributed by atoms with Crippen molar-refractivity contribution >= 4 is 17.3 Å². The van der Waals surface area contributed by atoms with E-state index in [-0.39, 0.29) is 5.41 Å². The number of hydrogen-bond acceptors (Lipinski definition) is 4. The maximum absolute atomic E-state index is 11.4. The molecule has 0 aliphatic heterocycles. The molecule has 0 saturated carbocycles. The van der Waals surface area contributed by atoms with E-state index >= 15 is 0 Å². The minimum atomic E-state index is -0.923. The van der Waals surface area contributed by atoms with E-state index in [2.05, 4.69) is 16.9 Å². The van der Waals surface area contributed by atoms with E-state index in [0.29, 0.717) is 15.6 Å². The zero-order valence-corrected chi connectivity index (χ0v) is 12.9. The average molecular weight is 290 g/mol. The number of carboxylic acid groups (broad SMARTS) is 1. The molecule has 2 heterocycles. The molecule has 0 spiro atoms. The van der Waals surface area contributed by atoms with Crippen molar-refractivity contribution in [2.75, 3.05) is 0 Å². The smallest absolute Gasteiger partial charge is 0.347 e. The number of aromatic nitrogens is 2. The molecule has 4 nitrogen and oxygen atoms in total. The molecule has 2 aromatic rings. The van der Waals surface area contributed by atoms with Gasteiger partial charge in [0, 0.05) is 11.6 Å². The van der Waals surface area contributed by atoms with Crippen molar-refractivity contribution in [1.29, 1.82) is 0 Å². The Morgan fingerprint density at radius 3 is 2.60 bits per heavy atom. The van der Waals surface area contributed by atoms with Crippen LogP contribution in [0.5, 0.6) is 0 Å². The van der Waals surface area contributed by atoms with E-state index in [0.717, 1.165) is 17.7 Å². The topological polar surface area (TPSA) is 63.1 Å². The molecule has 0 fully saturated rings. The van der Waals surface area contributed by atoms with Crippen molar-refractivity contribution in [3.05, 3.63) is 34.5 Å². The van der Waals surface area contributed by atoms with Gasteiger partial charge in [0.15, 0.2) is 0 Å². The number of aryl methyl sites for hydroxylation is 1. The molecule has 2 rings (SSSR count). The van der Waals surface area contributed by atoms with Gasteiger partial charge in [0.1, 0.15) is 15.6 Å². The number of carbonyl (C=O) groups is 1. The predicted octanol–water partition coefficient (Wildman–Crippen LogP) is 3.76. The summed E-state index contributed by atoms with van der Waals surface area (Å²) in [5, 5.41) is 10.1. The van der Waals surface area contributed by atoms with E-state index in [9.17, 15) is 9.90 Å². The molecule has 5 heteroatoms. The third-order valence-electron chi connectivity index (χ3n) is 3.01. The van der Waals surface area contributed by atoms with Crippen LogP contribution in [0.15, 0.2) is 18.3 Å². The Balaban J connectivity index is 2.62. The minimum absolute atomic E-state index is 0.302. The van der Waals surface area contributed by atoms with Crippen LogP contribution in [-0.4, -0.2) is 21.0 Å². The third-order valence-corrected chi connectivity index (χ3v) is 4.06. The maximum Gasteiger partial charge on any atom is 0.347 e. The van der Waals surface area contributed by atoms with Gasteiger partial charge in [-0.2, -0.15) is 0 Å². The zero-order chi connectivity index (χ0) is 14.9. The molecule has 0 atom stereocenters. The second-order valence-corrected chi connectivity index (χ2v) is 6.62. The summed E-state index contributed by atoms with van der Waals surface area (Å²) >= 11 is 1.20. The lowest BCUT2D eigenvalue weighted by atomic mass is 9.91. The van der Waals surface area contributed by atoms with Gasteiger partial charge in [-0.15, -0.1) is 11.3 Å². The maximum atomic E-state index is 11.4. The van der Waals surface area contributed by atoms with Crippen LogP contribution in [0.4, 0.5) is 0 Å². The fourth-order valence-electron chi connectivity index (χ4n) is 1.99. The fraction of sp³-hybridized carbons (Fsp3) is 0.400. The van der Waals surface area contributed by atoms with E-state index < -0.39 is 5.97 Å². The molecular weight excluding hydrogens is 272 g/mol. The van der Waals surface area contributed by atoms with Gasteiger partial charge in [0.2, 0.25) is 0 Å². The molecular formula is C15H18N2O2S. The number of hydrogen-bond donors (Lipinski definition) is 1. The summed E-state index contributed by atoms with van der Waals surface area (Å²) in [5.74, 6) is -0.923. The number of nitrogens with zero attached hydrogens (tertiary/aromatic N) is 2. The number of pyridine rings is 1. The first-order chi connectivity index (χ1) is 9.34. The Bertz CT molecular complexity index is 642. The molecule has 20 heavy (non-hydrogen) atoms. The molecule has 0 amide bonds. The first kappa shape index (κ1) is 14.7. The Morgan fingerprint density at radius 2 is 2.10 bits per heavy atom. The van der Waals surface area contributed by atoms with Gasteiger partial charge in [-0.1, -0.05) is 33.8 Å². The highest BCUT2D eigenvalue weighted by Crippen LogP contribution is 2.34. The monoisotopic (exact) mass is 290 g/mol. The normalized spacial score (nSPS) is 11.6. The molecule has 0 unspecified atom stereocenters. The number of carboxylic acids is 1. The summed E-state index contributed by atoms with van der Waals surface area (Å²) < 4.78 is 0. The Labute approximate surface area is 122 Å². The van der Waals surface area contributed by atoms with Crippen molar-refractivity contribution in [3.63, 3.8) is 0 Å². The lowest BCUT2D eigenvalue weighted by Crippen LogP contribution is -2.16. The van der Waals surface area contributed by atoms with E-state index in [1.54, 1.807) is 6.20 Å². The molecule has 0 bridgehead atoms.